The third-order valence-corrected chi connectivity index (χ3v) is 5.19. The SMILES string of the molecule is COc1ccc2c3c1O[C@H]1C=CC[C@H](C31)[C@H](N(C)C)C2. The summed E-state index contributed by atoms with van der Waals surface area (Å²) < 4.78 is 11.7. The molecule has 0 radical (unpaired) electrons. The number of methoxy groups -OCH3 is 1. The van der Waals surface area contributed by atoms with Gasteiger partial charge in [-0.2, -0.15) is 0 Å². The van der Waals surface area contributed by atoms with Crippen molar-refractivity contribution in [1.82, 2.24) is 4.90 Å². The molecule has 2 aliphatic carbocycles. The molecule has 0 amide bonds. The van der Waals surface area contributed by atoms with Crippen molar-refractivity contribution >= 4 is 0 Å². The van der Waals surface area contributed by atoms with E-state index in [2.05, 4.69) is 43.3 Å². The Morgan fingerprint density at radius 2 is 2.15 bits per heavy atom. The van der Waals surface area contributed by atoms with Gasteiger partial charge in [-0.05, 0) is 50.6 Å². The molecule has 1 aliphatic heterocycles. The number of benzene rings is 1. The molecule has 4 atom stereocenters. The quantitative estimate of drug-likeness (QED) is 0.772. The molecular formula is C17H21NO2. The number of likely N-dealkylation sites (N-methyl/N-ethyl adjacent to an activating group) is 1. The van der Waals surface area contributed by atoms with Crippen LogP contribution < -0.4 is 9.47 Å². The summed E-state index contributed by atoms with van der Waals surface area (Å²) in [6.45, 7) is 0. The Balaban J connectivity index is 1.89. The highest BCUT2D eigenvalue weighted by molar-refractivity contribution is 5.58. The van der Waals surface area contributed by atoms with Gasteiger partial charge in [-0.25, -0.2) is 0 Å². The van der Waals surface area contributed by atoms with Crippen molar-refractivity contribution in [2.24, 2.45) is 5.92 Å². The Kier molecular flexibility index (Phi) is 2.61. The van der Waals surface area contributed by atoms with Crippen LogP contribution in [0, 0.1) is 5.92 Å². The molecule has 4 rings (SSSR count). The number of hydrogen-bond donors (Lipinski definition) is 0. The molecule has 3 heteroatoms. The van der Waals surface area contributed by atoms with E-state index in [1.165, 1.54) is 11.1 Å². The fourth-order valence-corrected chi connectivity index (χ4v) is 4.29. The molecule has 0 N–H and O–H groups in total. The molecular weight excluding hydrogens is 250 g/mol. The first-order chi connectivity index (χ1) is 9.70. The zero-order valence-electron chi connectivity index (χ0n) is 12.3. The van der Waals surface area contributed by atoms with Gasteiger partial charge in [-0.3, -0.25) is 0 Å². The minimum absolute atomic E-state index is 0.196. The summed E-state index contributed by atoms with van der Waals surface area (Å²) in [5, 5.41) is 0. The third kappa shape index (κ3) is 1.50. The number of allylic oxidation sites excluding steroid dienone is 1. The Bertz CT molecular complexity index is 579. The second kappa shape index (κ2) is 4.26. The predicted molar refractivity (Wildman–Crippen MR) is 78.6 cm³/mol. The standard InChI is InChI=1S/C17H21NO2/c1-18(2)12-9-10-7-8-14(19-3)17-15(10)16-11(12)5-4-6-13(16)20-17/h4,6-8,11-13,16H,5,9H2,1-3H3/t11-,12+,13-,16?/m0/s1. The highest BCUT2D eigenvalue weighted by atomic mass is 16.5. The molecule has 0 spiro atoms. The Labute approximate surface area is 120 Å². The Morgan fingerprint density at radius 1 is 1.30 bits per heavy atom. The van der Waals surface area contributed by atoms with E-state index in [9.17, 15) is 0 Å². The highest BCUT2D eigenvalue weighted by Gasteiger charge is 2.48. The van der Waals surface area contributed by atoms with E-state index >= 15 is 0 Å². The molecule has 0 aromatic heterocycles. The average molecular weight is 271 g/mol. The number of rotatable bonds is 2. The summed E-state index contributed by atoms with van der Waals surface area (Å²) in [7, 11) is 6.12. The van der Waals surface area contributed by atoms with Gasteiger partial charge in [0, 0.05) is 17.5 Å². The second-order valence-electron chi connectivity index (χ2n) is 6.34. The van der Waals surface area contributed by atoms with Crippen molar-refractivity contribution in [1.29, 1.82) is 0 Å². The van der Waals surface area contributed by atoms with E-state index in [0.717, 1.165) is 24.3 Å². The summed E-state index contributed by atoms with van der Waals surface area (Å²) >= 11 is 0. The molecule has 1 unspecified atom stereocenters. The van der Waals surface area contributed by atoms with Crippen LogP contribution in [0.5, 0.6) is 11.5 Å². The Hall–Kier alpha value is -1.48. The van der Waals surface area contributed by atoms with Crippen LogP contribution >= 0.6 is 0 Å². The van der Waals surface area contributed by atoms with Gasteiger partial charge in [0.05, 0.1) is 7.11 Å². The monoisotopic (exact) mass is 271 g/mol. The lowest BCUT2D eigenvalue weighted by Crippen LogP contribution is -2.45. The van der Waals surface area contributed by atoms with Crippen LogP contribution in [-0.2, 0) is 6.42 Å². The molecule has 0 bridgehead atoms. The first-order valence-corrected chi connectivity index (χ1v) is 7.40. The van der Waals surface area contributed by atoms with Crippen LogP contribution in [0.2, 0.25) is 0 Å². The maximum atomic E-state index is 6.22. The van der Waals surface area contributed by atoms with Crippen molar-refractivity contribution in [2.75, 3.05) is 21.2 Å². The van der Waals surface area contributed by atoms with Gasteiger partial charge in [0.15, 0.2) is 11.5 Å². The van der Waals surface area contributed by atoms with Gasteiger partial charge in [-0.15, -0.1) is 0 Å². The van der Waals surface area contributed by atoms with Gasteiger partial charge in [0.25, 0.3) is 0 Å². The largest absolute Gasteiger partial charge is 0.493 e. The molecule has 0 saturated carbocycles. The lowest BCUT2D eigenvalue weighted by molar-refractivity contribution is 0.127. The van der Waals surface area contributed by atoms with E-state index in [1.54, 1.807) is 7.11 Å². The van der Waals surface area contributed by atoms with Crippen molar-refractivity contribution in [3.05, 3.63) is 35.4 Å². The van der Waals surface area contributed by atoms with Crippen LogP contribution in [-0.4, -0.2) is 38.3 Å². The van der Waals surface area contributed by atoms with Crippen molar-refractivity contribution in [2.45, 2.75) is 30.9 Å². The van der Waals surface area contributed by atoms with Gasteiger partial charge in [-0.1, -0.05) is 12.1 Å². The second-order valence-corrected chi connectivity index (χ2v) is 6.34. The lowest BCUT2D eigenvalue weighted by Gasteiger charge is -2.42. The van der Waals surface area contributed by atoms with Crippen molar-refractivity contribution in [3.63, 3.8) is 0 Å². The summed E-state index contributed by atoms with van der Waals surface area (Å²) in [6.07, 6.45) is 7.00. The van der Waals surface area contributed by atoms with E-state index in [0.29, 0.717) is 17.9 Å². The molecule has 3 aliphatic rings. The van der Waals surface area contributed by atoms with E-state index in [4.69, 9.17) is 9.47 Å². The minimum Gasteiger partial charge on any atom is -0.493 e. The van der Waals surface area contributed by atoms with Crippen molar-refractivity contribution in [3.8, 4) is 11.5 Å². The smallest absolute Gasteiger partial charge is 0.166 e. The molecule has 1 aromatic carbocycles. The summed E-state index contributed by atoms with van der Waals surface area (Å²) in [5.41, 5.74) is 2.86. The number of ether oxygens (including phenoxy) is 2. The average Bonchev–Trinajstić information content (AvgIpc) is 2.85. The van der Waals surface area contributed by atoms with Gasteiger partial charge in [0.2, 0.25) is 0 Å². The third-order valence-electron chi connectivity index (χ3n) is 5.19. The van der Waals surface area contributed by atoms with E-state index in [1.807, 2.05) is 0 Å². The van der Waals surface area contributed by atoms with E-state index < -0.39 is 0 Å². The molecule has 20 heavy (non-hydrogen) atoms. The highest BCUT2D eigenvalue weighted by Crippen LogP contribution is 2.55. The van der Waals surface area contributed by atoms with Crippen molar-refractivity contribution < 1.29 is 9.47 Å². The molecule has 106 valence electrons. The zero-order valence-corrected chi connectivity index (χ0v) is 12.3. The molecule has 0 fully saturated rings. The maximum Gasteiger partial charge on any atom is 0.166 e. The van der Waals surface area contributed by atoms with Gasteiger partial charge < -0.3 is 14.4 Å². The topological polar surface area (TPSA) is 21.7 Å². The summed E-state index contributed by atoms with van der Waals surface area (Å²) in [6, 6.07) is 4.89. The number of hydrogen-bond acceptors (Lipinski definition) is 3. The Morgan fingerprint density at radius 3 is 2.90 bits per heavy atom. The minimum atomic E-state index is 0.196. The predicted octanol–water partition coefficient (Wildman–Crippen LogP) is 2.60. The molecule has 1 heterocycles. The summed E-state index contributed by atoms with van der Waals surface area (Å²) in [5.74, 6) is 3.03. The van der Waals surface area contributed by atoms with Crippen LogP contribution in [0.25, 0.3) is 0 Å². The van der Waals surface area contributed by atoms with E-state index in [-0.39, 0.29) is 6.10 Å². The van der Waals surface area contributed by atoms with Gasteiger partial charge in [0.1, 0.15) is 6.10 Å². The van der Waals surface area contributed by atoms with Crippen LogP contribution in [0.3, 0.4) is 0 Å². The first-order valence-electron chi connectivity index (χ1n) is 7.40. The molecule has 0 saturated heterocycles. The molecule has 3 nitrogen and oxygen atoms in total. The normalized spacial score (nSPS) is 33.0. The fourth-order valence-electron chi connectivity index (χ4n) is 4.29. The van der Waals surface area contributed by atoms with Crippen LogP contribution in [0.15, 0.2) is 24.3 Å². The first kappa shape index (κ1) is 12.3. The maximum absolute atomic E-state index is 6.22. The fraction of sp³-hybridized carbons (Fsp3) is 0.529. The molecule has 1 aromatic rings. The summed E-state index contributed by atoms with van der Waals surface area (Å²) in [4.78, 5) is 2.38. The lowest BCUT2D eigenvalue weighted by atomic mass is 9.67. The van der Waals surface area contributed by atoms with Gasteiger partial charge >= 0.3 is 0 Å². The zero-order chi connectivity index (χ0) is 13.9. The van der Waals surface area contributed by atoms with Crippen LogP contribution in [0.4, 0.5) is 0 Å². The van der Waals surface area contributed by atoms with Crippen LogP contribution in [0.1, 0.15) is 23.5 Å². The number of nitrogens with zero attached hydrogens (tertiary/aromatic N) is 1.